The van der Waals surface area contributed by atoms with E-state index in [-0.39, 0.29) is 17.8 Å². The van der Waals surface area contributed by atoms with Crippen LogP contribution in [0.4, 0.5) is 0 Å². The molecule has 0 aromatic rings. The molecule has 0 aromatic carbocycles. The van der Waals surface area contributed by atoms with E-state index in [0.29, 0.717) is 18.2 Å². The van der Waals surface area contributed by atoms with E-state index in [9.17, 15) is 9.59 Å². The summed E-state index contributed by atoms with van der Waals surface area (Å²) in [6, 6.07) is -0.665. The maximum Gasteiger partial charge on any atom is 0.259 e. The molecule has 1 unspecified atom stereocenters. The van der Waals surface area contributed by atoms with Gasteiger partial charge in [0, 0.05) is 6.42 Å². The molecule has 1 atom stereocenters. The first kappa shape index (κ1) is 15.3. The molecule has 2 heterocycles. The highest BCUT2D eigenvalue weighted by Crippen LogP contribution is 2.10. The smallest absolute Gasteiger partial charge is 0.259 e. The van der Waals surface area contributed by atoms with Crippen LogP contribution in [0, 0.1) is 5.92 Å². The lowest BCUT2D eigenvalue weighted by Crippen LogP contribution is -2.52. The number of carbonyl (C=O) groups is 2. The van der Waals surface area contributed by atoms with E-state index in [0.717, 1.165) is 19.3 Å². The van der Waals surface area contributed by atoms with Gasteiger partial charge in [0.15, 0.2) is 11.9 Å². The summed E-state index contributed by atoms with van der Waals surface area (Å²) in [7, 11) is 0. The molecule has 0 radical (unpaired) electrons. The van der Waals surface area contributed by atoms with Crippen molar-refractivity contribution < 1.29 is 9.59 Å². The Hall–Kier alpha value is -2.05. The van der Waals surface area contributed by atoms with Crippen molar-refractivity contribution in [3.8, 4) is 0 Å². The molecule has 0 saturated heterocycles. The lowest BCUT2D eigenvalue weighted by molar-refractivity contribution is -0.120. The van der Waals surface area contributed by atoms with Crippen LogP contribution in [0.1, 0.15) is 46.0 Å². The number of amides is 2. The lowest BCUT2D eigenvalue weighted by Gasteiger charge is -2.17. The Labute approximate surface area is 124 Å². The summed E-state index contributed by atoms with van der Waals surface area (Å²) >= 11 is 0. The van der Waals surface area contributed by atoms with E-state index in [1.807, 2.05) is 0 Å². The minimum atomic E-state index is -0.665. The highest BCUT2D eigenvalue weighted by molar-refractivity contribution is 6.24. The zero-order valence-electron chi connectivity index (χ0n) is 12.4. The summed E-state index contributed by atoms with van der Waals surface area (Å²) in [5, 5.41) is 5.12. The van der Waals surface area contributed by atoms with Crippen LogP contribution in [0.15, 0.2) is 15.0 Å². The zero-order chi connectivity index (χ0) is 15.2. The summed E-state index contributed by atoms with van der Waals surface area (Å²) in [5.74, 6) is 0.716. The third kappa shape index (κ3) is 4.47. The molecule has 2 amide bonds. The van der Waals surface area contributed by atoms with Crippen LogP contribution in [-0.2, 0) is 9.59 Å². The number of nitrogens with zero attached hydrogens (tertiary/aromatic N) is 3. The fourth-order valence-corrected chi connectivity index (χ4v) is 2.17. The fraction of sp³-hybridized carbons (Fsp3) is 0.643. The van der Waals surface area contributed by atoms with E-state index >= 15 is 0 Å². The minimum Gasteiger partial charge on any atom is -0.296 e. The van der Waals surface area contributed by atoms with Gasteiger partial charge < -0.3 is 0 Å². The number of hydrogen-bond acceptors (Lipinski definition) is 5. The number of amidine groups is 1. The quantitative estimate of drug-likeness (QED) is 0.714. The van der Waals surface area contributed by atoms with Gasteiger partial charge in [0.05, 0.1) is 0 Å². The first-order valence-electron chi connectivity index (χ1n) is 7.35. The van der Waals surface area contributed by atoms with Crippen LogP contribution in [-0.4, -0.2) is 36.0 Å². The Kier molecular flexibility index (Phi) is 5.19. The van der Waals surface area contributed by atoms with Crippen molar-refractivity contribution in [3.63, 3.8) is 0 Å². The molecule has 2 aliphatic heterocycles. The monoisotopic (exact) mass is 291 g/mol. The lowest BCUT2D eigenvalue weighted by atomic mass is 10.0. The zero-order valence-corrected chi connectivity index (χ0v) is 12.4. The van der Waals surface area contributed by atoms with Gasteiger partial charge >= 0.3 is 0 Å². The number of unbranched alkanes of at least 4 members (excludes halogenated alkanes) is 2. The van der Waals surface area contributed by atoms with Gasteiger partial charge in [-0.1, -0.05) is 33.1 Å². The second-order valence-corrected chi connectivity index (χ2v) is 5.65. The molecule has 0 saturated carbocycles. The Morgan fingerprint density at radius 3 is 2.95 bits per heavy atom. The van der Waals surface area contributed by atoms with E-state index in [1.54, 1.807) is 0 Å². The van der Waals surface area contributed by atoms with Gasteiger partial charge in [0.25, 0.3) is 5.91 Å². The molecule has 7 heteroatoms. The van der Waals surface area contributed by atoms with Crippen LogP contribution in [0.3, 0.4) is 0 Å². The molecular formula is C14H21N5O2. The summed E-state index contributed by atoms with van der Waals surface area (Å²) in [4.78, 5) is 35.3. The van der Waals surface area contributed by atoms with Crippen molar-refractivity contribution in [2.75, 3.05) is 0 Å². The van der Waals surface area contributed by atoms with Gasteiger partial charge in [-0.3, -0.25) is 25.2 Å². The number of rotatable bonds is 6. The van der Waals surface area contributed by atoms with Crippen LogP contribution < -0.4 is 10.6 Å². The number of hydrogen-bond donors (Lipinski definition) is 2. The van der Waals surface area contributed by atoms with Crippen molar-refractivity contribution in [2.24, 2.45) is 20.9 Å². The molecule has 2 rings (SSSR count). The number of aliphatic imine (C=N–C) groups is 3. The molecule has 2 aliphatic rings. The van der Waals surface area contributed by atoms with Gasteiger partial charge in [-0.15, -0.1) is 0 Å². The van der Waals surface area contributed by atoms with E-state index in [4.69, 9.17) is 0 Å². The highest BCUT2D eigenvalue weighted by atomic mass is 16.2. The van der Waals surface area contributed by atoms with Crippen LogP contribution >= 0.6 is 0 Å². The van der Waals surface area contributed by atoms with Crippen LogP contribution in [0.5, 0.6) is 0 Å². The average Bonchev–Trinajstić information content (AvgIpc) is 2.86. The summed E-state index contributed by atoms with van der Waals surface area (Å²) < 4.78 is 0. The number of fused-ring (bicyclic) bond motifs is 1. The molecule has 0 aliphatic carbocycles. The summed E-state index contributed by atoms with van der Waals surface area (Å²) in [6.45, 7) is 4.39. The minimum absolute atomic E-state index is 0.142. The van der Waals surface area contributed by atoms with E-state index in [2.05, 4.69) is 39.5 Å². The topological polar surface area (TPSA) is 95.3 Å². The first-order valence-corrected chi connectivity index (χ1v) is 7.35. The predicted molar refractivity (Wildman–Crippen MR) is 81.4 cm³/mol. The van der Waals surface area contributed by atoms with Crippen molar-refractivity contribution in [1.29, 1.82) is 0 Å². The number of carbonyl (C=O) groups excluding carboxylic acids is 2. The van der Waals surface area contributed by atoms with Gasteiger partial charge in [-0.05, 0) is 12.3 Å². The highest BCUT2D eigenvalue weighted by Gasteiger charge is 2.31. The maximum atomic E-state index is 11.8. The third-order valence-electron chi connectivity index (χ3n) is 3.31. The van der Waals surface area contributed by atoms with Crippen molar-refractivity contribution in [2.45, 2.75) is 52.0 Å². The molecule has 2 N–H and O–H groups in total. The fourth-order valence-electron chi connectivity index (χ4n) is 2.17. The van der Waals surface area contributed by atoms with Crippen molar-refractivity contribution >= 4 is 29.9 Å². The normalized spacial score (nSPS) is 20.0. The van der Waals surface area contributed by atoms with Crippen LogP contribution in [0.2, 0.25) is 0 Å². The second kappa shape index (κ2) is 7.10. The Bertz CT molecular complexity index is 507. The maximum absolute atomic E-state index is 11.8. The van der Waals surface area contributed by atoms with Crippen LogP contribution in [0.25, 0.3) is 0 Å². The third-order valence-corrected chi connectivity index (χ3v) is 3.31. The Morgan fingerprint density at radius 2 is 2.19 bits per heavy atom. The SMILES string of the molecule is CC(C)CCCCCC(=O)NC1=NC2=NC=NC2C(=O)N1. The van der Waals surface area contributed by atoms with Crippen molar-refractivity contribution in [1.82, 2.24) is 10.6 Å². The first-order chi connectivity index (χ1) is 10.1. The molecule has 21 heavy (non-hydrogen) atoms. The average molecular weight is 291 g/mol. The molecule has 7 nitrogen and oxygen atoms in total. The summed E-state index contributed by atoms with van der Waals surface area (Å²) in [5.41, 5.74) is 0. The number of guanidine groups is 1. The predicted octanol–water partition coefficient (Wildman–Crippen LogP) is 1.00. The standard InChI is InChI=1S/C14H21N5O2/c1-9(2)6-4-3-5-7-10(20)17-14-18-12-11(13(21)19-14)15-8-16-12/h8-9,11H,3-7H2,1-2H3,(H2,15,16,17,18,19,20,21). The van der Waals surface area contributed by atoms with Gasteiger partial charge in [-0.25, -0.2) is 4.99 Å². The van der Waals surface area contributed by atoms with Gasteiger partial charge in [-0.2, -0.15) is 4.99 Å². The molecule has 0 fully saturated rings. The Morgan fingerprint density at radius 1 is 1.38 bits per heavy atom. The van der Waals surface area contributed by atoms with E-state index < -0.39 is 6.04 Å². The largest absolute Gasteiger partial charge is 0.296 e. The van der Waals surface area contributed by atoms with E-state index in [1.165, 1.54) is 12.8 Å². The second-order valence-electron chi connectivity index (χ2n) is 5.65. The Balaban J connectivity index is 1.72. The molecule has 114 valence electrons. The van der Waals surface area contributed by atoms with Gasteiger partial charge in [0.2, 0.25) is 11.9 Å². The molecule has 0 spiro atoms. The van der Waals surface area contributed by atoms with Crippen molar-refractivity contribution in [3.05, 3.63) is 0 Å². The molecular weight excluding hydrogens is 270 g/mol. The number of nitrogens with one attached hydrogen (secondary N) is 2. The summed E-state index contributed by atoms with van der Waals surface area (Å²) in [6.07, 6.45) is 5.94. The molecule has 0 bridgehead atoms. The van der Waals surface area contributed by atoms with Gasteiger partial charge in [0.1, 0.15) is 6.34 Å². The molecule has 0 aromatic heterocycles.